The molecule has 1 heterocycles. The Bertz CT molecular complexity index is 167. The largest absolute Gasteiger partial charge is 0.396 e. The van der Waals surface area contributed by atoms with E-state index in [0.29, 0.717) is 0 Å². The van der Waals surface area contributed by atoms with Gasteiger partial charge in [-0.15, -0.1) is 0 Å². The summed E-state index contributed by atoms with van der Waals surface area (Å²) in [5, 5.41) is 18.1. The summed E-state index contributed by atoms with van der Waals surface area (Å²) in [7, 11) is 0. The highest BCUT2D eigenvalue weighted by Gasteiger charge is 2.36. The molecule has 2 atom stereocenters. The van der Waals surface area contributed by atoms with Crippen LogP contribution in [0.25, 0.3) is 0 Å². The van der Waals surface area contributed by atoms with Gasteiger partial charge in [-0.25, -0.2) is 0 Å². The van der Waals surface area contributed by atoms with E-state index >= 15 is 0 Å². The van der Waals surface area contributed by atoms with Crippen molar-refractivity contribution in [1.29, 1.82) is 0 Å². The van der Waals surface area contributed by atoms with Crippen molar-refractivity contribution >= 4 is 0 Å². The first-order valence-corrected chi connectivity index (χ1v) is 5.68. The van der Waals surface area contributed by atoms with Crippen molar-refractivity contribution in [2.45, 2.75) is 31.8 Å². The molecule has 2 fully saturated rings. The van der Waals surface area contributed by atoms with Crippen molar-refractivity contribution in [2.75, 3.05) is 19.8 Å². The molecule has 1 aliphatic heterocycles. The maximum absolute atomic E-state index is 9.03. The monoisotopic (exact) mass is 200 g/mol. The zero-order valence-corrected chi connectivity index (χ0v) is 8.56. The second kappa shape index (κ2) is 4.60. The van der Waals surface area contributed by atoms with Gasteiger partial charge < -0.3 is 14.9 Å². The lowest BCUT2D eigenvalue weighted by Gasteiger charge is -2.32. The standard InChI is InChI=1S/C11H20O3/c12-5-10(6-13)11-4-3-9(7-14-11)8-1-2-8/h8-13H,1-7H2. The highest BCUT2D eigenvalue weighted by molar-refractivity contribution is 4.85. The van der Waals surface area contributed by atoms with E-state index in [1.807, 2.05) is 0 Å². The quantitative estimate of drug-likeness (QED) is 0.705. The lowest BCUT2D eigenvalue weighted by Crippen LogP contribution is -2.36. The molecular formula is C11H20O3. The third-order valence-electron chi connectivity index (χ3n) is 3.63. The highest BCUT2D eigenvalue weighted by Crippen LogP contribution is 2.41. The topological polar surface area (TPSA) is 49.7 Å². The van der Waals surface area contributed by atoms with E-state index < -0.39 is 0 Å². The molecule has 0 spiro atoms. The lowest BCUT2D eigenvalue weighted by molar-refractivity contribution is -0.0744. The van der Waals surface area contributed by atoms with Gasteiger partial charge in [0.05, 0.1) is 25.9 Å². The molecule has 14 heavy (non-hydrogen) atoms. The first-order chi connectivity index (χ1) is 6.85. The van der Waals surface area contributed by atoms with Crippen molar-refractivity contribution in [3.05, 3.63) is 0 Å². The minimum absolute atomic E-state index is 0.0370. The summed E-state index contributed by atoms with van der Waals surface area (Å²) < 4.78 is 5.72. The van der Waals surface area contributed by atoms with Crippen LogP contribution in [0.15, 0.2) is 0 Å². The number of aliphatic hydroxyl groups is 2. The molecule has 3 heteroatoms. The Morgan fingerprint density at radius 3 is 2.07 bits per heavy atom. The fourth-order valence-electron chi connectivity index (χ4n) is 2.40. The van der Waals surface area contributed by atoms with E-state index in [1.54, 1.807) is 0 Å². The van der Waals surface area contributed by atoms with Crippen LogP contribution in [0.1, 0.15) is 25.7 Å². The minimum atomic E-state index is -0.0739. The number of hydrogen-bond donors (Lipinski definition) is 2. The summed E-state index contributed by atoms with van der Waals surface area (Å²) in [4.78, 5) is 0. The third kappa shape index (κ3) is 2.27. The van der Waals surface area contributed by atoms with Gasteiger partial charge in [0.25, 0.3) is 0 Å². The first-order valence-electron chi connectivity index (χ1n) is 5.68. The molecule has 2 unspecified atom stereocenters. The Balaban J connectivity index is 1.76. The molecule has 0 aromatic carbocycles. The number of ether oxygens (including phenoxy) is 1. The molecular weight excluding hydrogens is 180 g/mol. The van der Waals surface area contributed by atoms with Crippen molar-refractivity contribution < 1.29 is 14.9 Å². The van der Waals surface area contributed by atoms with Crippen LogP contribution in [0.2, 0.25) is 0 Å². The molecule has 82 valence electrons. The van der Waals surface area contributed by atoms with Crippen LogP contribution in [-0.4, -0.2) is 36.1 Å². The van der Waals surface area contributed by atoms with Gasteiger partial charge in [0, 0.05) is 5.92 Å². The number of rotatable bonds is 4. The van der Waals surface area contributed by atoms with E-state index in [9.17, 15) is 0 Å². The molecule has 0 amide bonds. The number of aliphatic hydroxyl groups excluding tert-OH is 2. The third-order valence-corrected chi connectivity index (χ3v) is 3.63. The van der Waals surface area contributed by atoms with Crippen LogP contribution in [0.5, 0.6) is 0 Å². The molecule has 2 N–H and O–H groups in total. The molecule has 1 saturated heterocycles. The predicted octanol–water partition coefficient (Wildman–Crippen LogP) is 0.792. The van der Waals surface area contributed by atoms with Gasteiger partial charge in [0.15, 0.2) is 0 Å². The fourth-order valence-corrected chi connectivity index (χ4v) is 2.40. The van der Waals surface area contributed by atoms with Gasteiger partial charge in [-0.1, -0.05) is 0 Å². The molecule has 1 aliphatic carbocycles. The Morgan fingerprint density at radius 1 is 1.00 bits per heavy atom. The summed E-state index contributed by atoms with van der Waals surface area (Å²) in [6, 6.07) is 0. The van der Waals surface area contributed by atoms with E-state index in [-0.39, 0.29) is 25.2 Å². The van der Waals surface area contributed by atoms with E-state index in [4.69, 9.17) is 14.9 Å². The summed E-state index contributed by atoms with van der Waals surface area (Å²) >= 11 is 0. The second-order valence-corrected chi connectivity index (χ2v) is 4.67. The van der Waals surface area contributed by atoms with E-state index in [1.165, 1.54) is 19.3 Å². The fraction of sp³-hybridized carbons (Fsp3) is 1.00. The molecule has 0 aromatic heterocycles. The molecule has 2 aliphatic rings. The second-order valence-electron chi connectivity index (χ2n) is 4.67. The molecule has 3 nitrogen and oxygen atoms in total. The van der Waals surface area contributed by atoms with E-state index in [0.717, 1.165) is 24.9 Å². The van der Waals surface area contributed by atoms with Gasteiger partial charge >= 0.3 is 0 Å². The molecule has 2 rings (SSSR count). The van der Waals surface area contributed by atoms with Crippen LogP contribution in [0.4, 0.5) is 0 Å². The minimum Gasteiger partial charge on any atom is -0.396 e. The first kappa shape index (κ1) is 10.4. The Kier molecular flexibility index (Phi) is 3.42. The van der Waals surface area contributed by atoms with Crippen LogP contribution in [0.3, 0.4) is 0 Å². The van der Waals surface area contributed by atoms with Gasteiger partial charge in [0.1, 0.15) is 0 Å². The summed E-state index contributed by atoms with van der Waals surface area (Å²) in [6.07, 6.45) is 5.06. The normalized spacial score (nSPS) is 33.6. The molecule has 1 saturated carbocycles. The zero-order chi connectivity index (χ0) is 9.97. The molecule has 0 radical (unpaired) electrons. The van der Waals surface area contributed by atoms with Crippen LogP contribution in [0, 0.1) is 17.8 Å². The Morgan fingerprint density at radius 2 is 1.64 bits per heavy atom. The molecule has 0 bridgehead atoms. The average molecular weight is 200 g/mol. The van der Waals surface area contributed by atoms with Crippen LogP contribution < -0.4 is 0 Å². The van der Waals surface area contributed by atoms with Crippen LogP contribution in [-0.2, 0) is 4.74 Å². The SMILES string of the molecule is OCC(CO)C1CCC(C2CC2)CO1. The smallest absolute Gasteiger partial charge is 0.0647 e. The summed E-state index contributed by atoms with van der Waals surface area (Å²) in [5.41, 5.74) is 0. The molecule has 0 aromatic rings. The van der Waals surface area contributed by atoms with Gasteiger partial charge in [-0.05, 0) is 37.5 Å². The summed E-state index contributed by atoms with van der Waals surface area (Å²) in [6.45, 7) is 0.913. The van der Waals surface area contributed by atoms with Crippen molar-refractivity contribution in [2.24, 2.45) is 17.8 Å². The van der Waals surface area contributed by atoms with Gasteiger partial charge in [0.2, 0.25) is 0 Å². The van der Waals surface area contributed by atoms with Gasteiger partial charge in [-0.3, -0.25) is 0 Å². The lowest BCUT2D eigenvalue weighted by atomic mass is 9.89. The Hall–Kier alpha value is -0.120. The average Bonchev–Trinajstić information content (AvgIpc) is 3.04. The van der Waals surface area contributed by atoms with Crippen molar-refractivity contribution in [3.63, 3.8) is 0 Å². The van der Waals surface area contributed by atoms with Crippen LogP contribution >= 0.6 is 0 Å². The maximum Gasteiger partial charge on any atom is 0.0647 e. The Labute approximate surface area is 85.1 Å². The summed E-state index contributed by atoms with van der Waals surface area (Å²) in [5.74, 6) is 1.59. The number of hydrogen-bond acceptors (Lipinski definition) is 3. The van der Waals surface area contributed by atoms with E-state index in [2.05, 4.69) is 0 Å². The highest BCUT2D eigenvalue weighted by atomic mass is 16.5. The zero-order valence-electron chi connectivity index (χ0n) is 8.56. The predicted molar refractivity (Wildman–Crippen MR) is 52.8 cm³/mol. The van der Waals surface area contributed by atoms with Crippen molar-refractivity contribution in [1.82, 2.24) is 0 Å². The van der Waals surface area contributed by atoms with Crippen molar-refractivity contribution in [3.8, 4) is 0 Å². The van der Waals surface area contributed by atoms with Gasteiger partial charge in [-0.2, -0.15) is 0 Å². The maximum atomic E-state index is 9.03.